The fourth-order valence-corrected chi connectivity index (χ4v) is 2.36. The van der Waals surface area contributed by atoms with Crippen molar-refractivity contribution in [2.45, 2.75) is 33.1 Å². The van der Waals surface area contributed by atoms with Crippen molar-refractivity contribution in [1.29, 1.82) is 0 Å². The van der Waals surface area contributed by atoms with Gasteiger partial charge in [0.2, 0.25) is 0 Å². The summed E-state index contributed by atoms with van der Waals surface area (Å²) in [6, 6.07) is 8.49. The summed E-state index contributed by atoms with van der Waals surface area (Å²) in [5.74, 6) is 0.608. The first-order valence-electron chi connectivity index (χ1n) is 7.04. The fourth-order valence-electron chi connectivity index (χ4n) is 2.36. The Labute approximate surface area is 116 Å². The Morgan fingerprint density at radius 2 is 2.16 bits per heavy atom. The van der Waals surface area contributed by atoms with E-state index in [2.05, 4.69) is 61.9 Å². The summed E-state index contributed by atoms with van der Waals surface area (Å²) in [4.78, 5) is 3.34. The Bertz CT molecular complexity index is 574. The van der Waals surface area contributed by atoms with E-state index in [1.807, 2.05) is 6.08 Å². The molecule has 2 aromatic rings. The highest BCUT2D eigenvalue weighted by Gasteiger charge is 2.03. The number of hydrogen-bond donors (Lipinski definition) is 1. The van der Waals surface area contributed by atoms with Crippen molar-refractivity contribution < 1.29 is 0 Å². The first kappa shape index (κ1) is 13.7. The number of para-hydroxylation sites is 1. The average molecular weight is 253 g/mol. The van der Waals surface area contributed by atoms with Gasteiger partial charge in [0, 0.05) is 17.1 Å². The Kier molecular flexibility index (Phi) is 4.62. The highest BCUT2D eigenvalue weighted by molar-refractivity contribution is 5.83. The number of allylic oxidation sites excluding steroid dienone is 3. The molecule has 1 heterocycles. The molecule has 0 aliphatic rings. The fraction of sp³-hybridized carbons (Fsp3) is 0.333. The van der Waals surface area contributed by atoms with Crippen molar-refractivity contribution in [1.82, 2.24) is 4.98 Å². The Balaban J connectivity index is 2.00. The maximum Gasteiger partial charge on any atom is 0.0456 e. The van der Waals surface area contributed by atoms with Crippen LogP contribution in [-0.4, -0.2) is 4.98 Å². The van der Waals surface area contributed by atoms with Crippen molar-refractivity contribution in [3.05, 3.63) is 60.3 Å². The highest BCUT2D eigenvalue weighted by atomic mass is 14.7. The molecule has 1 heteroatoms. The predicted octanol–water partition coefficient (Wildman–Crippen LogP) is 5.26. The molecule has 1 aromatic heterocycles. The molecule has 0 amide bonds. The van der Waals surface area contributed by atoms with Crippen molar-refractivity contribution in [2.24, 2.45) is 5.92 Å². The number of aromatic amines is 1. The second-order valence-corrected chi connectivity index (χ2v) is 5.38. The summed E-state index contributed by atoms with van der Waals surface area (Å²) in [5, 5.41) is 1.34. The first-order valence-corrected chi connectivity index (χ1v) is 7.04. The van der Waals surface area contributed by atoms with Gasteiger partial charge in [-0.3, -0.25) is 0 Å². The average Bonchev–Trinajstić information content (AvgIpc) is 2.82. The first-order chi connectivity index (χ1) is 9.20. The maximum absolute atomic E-state index is 3.83. The number of fused-ring (bicyclic) bond motifs is 1. The van der Waals surface area contributed by atoms with Crippen LogP contribution in [0.15, 0.2) is 54.8 Å². The summed E-state index contributed by atoms with van der Waals surface area (Å²) in [6.45, 7) is 8.27. The molecule has 1 unspecified atom stereocenters. The van der Waals surface area contributed by atoms with Crippen LogP contribution in [0.3, 0.4) is 0 Å². The van der Waals surface area contributed by atoms with E-state index in [-0.39, 0.29) is 0 Å². The monoisotopic (exact) mass is 253 g/mol. The largest absolute Gasteiger partial charge is 0.361 e. The normalized spacial score (nSPS) is 13.7. The second-order valence-electron chi connectivity index (χ2n) is 5.38. The van der Waals surface area contributed by atoms with E-state index in [9.17, 15) is 0 Å². The zero-order valence-corrected chi connectivity index (χ0v) is 11.9. The van der Waals surface area contributed by atoms with Crippen molar-refractivity contribution in [3.8, 4) is 0 Å². The van der Waals surface area contributed by atoms with E-state index in [1.165, 1.54) is 28.5 Å². The SMILES string of the molecule is C=CC(C)CC/C=C(\C)Cc1c[nH]c2ccccc12. The van der Waals surface area contributed by atoms with E-state index < -0.39 is 0 Å². The third-order valence-electron chi connectivity index (χ3n) is 3.66. The smallest absolute Gasteiger partial charge is 0.0456 e. The molecular formula is C18H23N. The quantitative estimate of drug-likeness (QED) is 0.676. The number of aromatic nitrogens is 1. The van der Waals surface area contributed by atoms with Crippen LogP contribution in [0.4, 0.5) is 0 Å². The van der Waals surface area contributed by atoms with Crippen LogP contribution in [0.1, 0.15) is 32.3 Å². The lowest BCUT2D eigenvalue weighted by Gasteiger charge is -2.04. The molecule has 0 aliphatic carbocycles. The molecule has 1 atom stereocenters. The van der Waals surface area contributed by atoms with E-state index in [0.29, 0.717) is 5.92 Å². The van der Waals surface area contributed by atoms with Crippen LogP contribution in [0, 0.1) is 5.92 Å². The standard InChI is InChI=1S/C18H23N/c1-4-14(2)8-7-9-15(3)12-16-13-19-18-11-6-5-10-17(16)18/h4-6,9-11,13-14,19H,1,7-8,12H2,2-3H3/b15-9+. The van der Waals surface area contributed by atoms with Crippen LogP contribution < -0.4 is 0 Å². The van der Waals surface area contributed by atoms with Gasteiger partial charge in [0.1, 0.15) is 0 Å². The summed E-state index contributed by atoms with van der Waals surface area (Å²) in [6.07, 6.45) is 9.89. The molecule has 0 aliphatic heterocycles. The van der Waals surface area contributed by atoms with Gasteiger partial charge in [-0.05, 0) is 43.7 Å². The van der Waals surface area contributed by atoms with Crippen LogP contribution in [0.25, 0.3) is 10.9 Å². The molecule has 0 fully saturated rings. The third kappa shape index (κ3) is 3.60. The lowest BCUT2D eigenvalue weighted by molar-refractivity contribution is 0.657. The number of nitrogens with one attached hydrogen (secondary N) is 1. The molecule has 0 bridgehead atoms. The van der Waals surface area contributed by atoms with Gasteiger partial charge in [-0.15, -0.1) is 6.58 Å². The van der Waals surface area contributed by atoms with Gasteiger partial charge in [0.15, 0.2) is 0 Å². The highest BCUT2D eigenvalue weighted by Crippen LogP contribution is 2.21. The Hall–Kier alpha value is -1.76. The summed E-state index contributed by atoms with van der Waals surface area (Å²) in [5.41, 5.74) is 4.06. The topological polar surface area (TPSA) is 15.8 Å². The molecule has 0 saturated heterocycles. The van der Waals surface area contributed by atoms with Gasteiger partial charge in [-0.2, -0.15) is 0 Å². The molecule has 1 aromatic carbocycles. The van der Waals surface area contributed by atoms with Crippen LogP contribution in [-0.2, 0) is 6.42 Å². The second kappa shape index (κ2) is 6.42. The Morgan fingerprint density at radius 3 is 2.95 bits per heavy atom. The van der Waals surface area contributed by atoms with Gasteiger partial charge >= 0.3 is 0 Å². The number of H-pyrrole nitrogens is 1. The molecular weight excluding hydrogens is 230 g/mol. The van der Waals surface area contributed by atoms with Gasteiger partial charge < -0.3 is 4.98 Å². The van der Waals surface area contributed by atoms with E-state index >= 15 is 0 Å². The zero-order chi connectivity index (χ0) is 13.7. The van der Waals surface area contributed by atoms with Gasteiger partial charge in [-0.1, -0.05) is 42.8 Å². The van der Waals surface area contributed by atoms with Crippen LogP contribution in [0.5, 0.6) is 0 Å². The van der Waals surface area contributed by atoms with Crippen molar-refractivity contribution in [3.63, 3.8) is 0 Å². The van der Waals surface area contributed by atoms with Crippen molar-refractivity contribution >= 4 is 10.9 Å². The van der Waals surface area contributed by atoms with E-state index in [4.69, 9.17) is 0 Å². The Morgan fingerprint density at radius 1 is 1.37 bits per heavy atom. The summed E-state index contributed by atoms with van der Waals surface area (Å²) < 4.78 is 0. The number of benzene rings is 1. The maximum atomic E-state index is 3.83. The van der Waals surface area contributed by atoms with E-state index in [1.54, 1.807) is 0 Å². The van der Waals surface area contributed by atoms with Gasteiger partial charge in [0.05, 0.1) is 0 Å². The molecule has 1 nitrogen and oxygen atoms in total. The van der Waals surface area contributed by atoms with Crippen LogP contribution >= 0.6 is 0 Å². The lowest BCUT2D eigenvalue weighted by atomic mass is 10.0. The summed E-state index contributed by atoms with van der Waals surface area (Å²) >= 11 is 0. The predicted molar refractivity (Wildman–Crippen MR) is 84.4 cm³/mol. The van der Waals surface area contributed by atoms with Gasteiger partial charge in [0.25, 0.3) is 0 Å². The lowest BCUT2D eigenvalue weighted by Crippen LogP contribution is -1.89. The molecule has 19 heavy (non-hydrogen) atoms. The molecule has 1 N–H and O–H groups in total. The molecule has 0 radical (unpaired) electrons. The molecule has 0 spiro atoms. The van der Waals surface area contributed by atoms with E-state index in [0.717, 1.165) is 12.8 Å². The molecule has 0 saturated carbocycles. The molecule has 100 valence electrons. The summed E-state index contributed by atoms with van der Waals surface area (Å²) in [7, 11) is 0. The molecule has 2 rings (SSSR count). The van der Waals surface area contributed by atoms with Gasteiger partial charge in [-0.25, -0.2) is 0 Å². The third-order valence-corrected chi connectivity index (χ3v) is 3.66. The minimum absolute atomic E-state index is 0.608. The zero-order valence-electron chi connectivity index (χ0n) is 11.9. The minimum Gasteiger partial charge on any atom is -0.361 e. The van der Waals surface area contributed by atoms with Crippen molar-refractivity contribution in [2.75, 3.05) is 0 Å². The minimum atomic E-state index is 0.608. The van der Waals surface area contributed by atoms with Crippen LogP contribution in [0.2, 0.25) is 0 Å². The number of hydrogen-bond acceptors (Lipinski definition) is 0. The number of rotatable bonds is 6.